The van der Waals surface area contributed by atoms with E-state index in [0.717, 1.165) is 0 Å². The minimum absolute atomic E-state index is 0.0249. The average molecular weight is 437 g/mol. The molecular formula is C23H32O8. The molecule has 8 nitrogen and oxygen atoms in total. The Morgan fingerprint density at radius 3 is 2.61 bits per heavy atom. The molecule has 2 saturated heterocycles. The monoisotopic (exact) mass is 436 g/mol. The Hall–Kier alpha value is -1.84. The second kappa shape index (κ2) is 10.2. The van der Waals surface area contributed by atoms with Crippen LogP contribution in [0, 0.1) is 11.8 Å². The lowest BCUT2D eigenvalue weighted by Crippen LogP contribution is -2.51. The summed E-state index contributed by atoms with van der Waals surface area (Å²) in [7, 11) is 1.50. The van der Waals surface area contributed by atoms with E-state index in [4.69, 9.17) is 14.2 Å². The molecule has 2 aliphatic rings. The van der Waals surface area contributed by atoms with E-state index >= 15 is 0 Å². The maximum atomic E-state index is 12.4. The largest absolute Gasteiger partial charge is 0.497 e. The fourth-order valence-electron chi connectivity index (χ4n) is 4.08. The Labute approximate surface area is 182 Å². The van der Waals surface area contributed by atoms with Gasteiger partial charge in [-0.1, -0.05) is 19.1 Å². The Morgan fingerprint density at radius 2 is 1.94 bits per heavy atom. The molecule has 0 aromatic heterocycles. The van der Waals surface area contributed by atoms with Crippen LogP contribution in [0.25, 0.3) is 0 Å². The van der Waals surface area contributed by atoms with Gasteiger partial charge in [-0.15, -0.1) is 0 Å². The number of aliphatic hydroxyl groups is 3. The van der Waals surface area contributed by atoms with Gasteiger partial charge in [-0.25, -0.2) is 0 Å². The molecule has 2 aliphatic heterocycles. The smallest absolute Gasteiger partial charge is 0.170 e. The van der Waals surface area contributed by atoms with Gasteiger partial charge in [0, 0.05) is 30.2 Å². The number of rotatable bonds is 10. The Bertz CT molecular complexity index is 779. The molecule has 0 aliphatic carbocycles. The number of aliphatic hydroxyl groups excluding tert-OH is 3. The number of ketones is 2. The number of hydrogen-bond donors (Lipinski definition) is 3. The minimum Gasteiger partial charge on any atom is -0.497 e. The van der Waals surface area contributed by atoms with Crippen molar-refractivity contribution in [2.24, 2.45) is 11.8 Å². The van der Waals surface area contributed by atoms with Crippen LogP contribution in [0.15, 0.2) is 24.3 Å². The van der Waals surface area contributed by atoms with Crippen LogP contribution in [-0.2, 0) is 14.3 Å². The van der Waals surface area contributed by atoms with Gasteiger partial charge in [0.05, 0.1) is 50.7 Å². The average Bonchev–Trinajstić information content (AvgIpc) is 3.51. The third-order valence-corrected chi connectivity index (χ3v) is 6.34. The predicted octanol–water partition coefficient (Wildman–Crippen LogP) is 1.14. The summed E-state index contributed by atoms with van der Waals surface area (Å²) in [6.07, 6.45) is -3.51. The maximum Gasteiger partial charge on any atom is 0.170 e. The highest BCUT2D eigenvalue weighted by atomic mass is 16.6. The van der Waals surface area contributed by atoms with Crippen LogP contribution in [0.3, 0.4) is 0 Å². The molecule has 1 aromatic carbocycles. The summed E-state index contributed by atoms with van der Waals surface area (Å²) >= 11 is 0. The van der Waals surface area contributed by atoms with E-state index in [1.165, 1.54) is 7.11 Å². The van der Waals surface area contributed by atoms with Gasteiger partial charge in [-0.3, -0.25) is 9.59 Å². The molecule has 0 amide bonds. The predicted molar refractivity (Wildman–Crippen MR) is 111 cm³/mol. The SMILES string of the molecule is COc1cccc(C(=O)CC(=O)C[C@H]2CO[C@@H](C[C@@H]3O[C@H]3[C@@H](C)[C@H](C)O)[C@H](O)[C@@H]2O)c1. The highest BCUT2D eigenvalue weighted by Gasteiger charge is 2.48. The van der Waals surface area contributed by atoms with Gasteiger partial charge in [0.2, 0.25) is 0 Å². The van der Waals surface area contributed by atoms with E-state index in [1.54, 1.807) is 31.2 Å². The normalized spacial score (nSPS) is 32.2. The van der Waals surface area contributed by atoms with Crippen LogP contribution >= 0.6 is 0 Å². The summed E-state index contributed by atoms with van der Waals surface area (Å²) in [5, 5.41) is 30.7. The molecule has 0 unspecified atom stereocenters. The van der Waals surface area contributed by atoms with Crippen molar-refractivity contribution >= 4 is 11.6 Å². The lowest BCUT2D eigenvalue weighted by molar-refractivity contribution is -0.170. The van der Waals surface area contributed by atoms with E-state index in [0.29, 0.717) is 17.7 Å². The topological polar surface area (TPSA) is 126 Å². The number of methoxy groups -OCH3 is 1. The zero-order chi connectivity index (χ0) is 22.7. The highest BCUT2D eigenvalue weighted by Crippen LogP contribution is 2.37. The van der Waals surface area contributed by atoms with Gasteiger partial charge in [-0.2, -0.15) is 0 Å². The van der Waals surface area contributed by atoms with Crippen molar-refractivity contribution in [3.63, 3.8) is 0 Å². The first kappa shape index (κ1) is 23.8. The fourth-order valence-corrected chi connectivity index (χ4v) is 4.08. The molecule has 172 valence electrons. The summed E-state index contributed by atoms with van der Waals surface area (Å²) in [4.78, 5) is 24.8. The van der Waals surface area contributed by atoms with E-state index in [-0.39, 0.29) is 49.1 Å². The number of benzene rings is 1. The molecule has 0 bridgehead atoms. The molecule has 8 heteroatoms. The van der Waals surface area contributed by atoms with Crippen LogP contribution in [0.2, 0.25) is 0 Å². The van der Waals surface area contributed by atoms with Crippen molar-refractivity contribution < 1.29 is 39.1 Å². The van der Waals surface area contributed by atoms with Gasteiger partial charge >= 0.3 is 0 Å². The van der Waals surface area contributed by atoms with Crippen molar-refractivity contribution in [3.05, 3.63) is 29.8 Å². The zero-order valence-corrected chi connectivity index (χ0v) is 18.1. The summed E-state index contributed by atoms with van der Waals surface area (Å²) in [6.45, 7) is 3.72. The Balaban J connectivity index is 1.48. The van der Waals surface area contributed by atoms with Gasteiger partial charge in [0.1, 0.15) is 17.6 Å². The van der Waals surface area contributed by atoms with Gasteiger partial charge in [0.15, 0.2) is 5.78 Å². The van der Waals surface area contributed by atoms with Crippen molar-refractivity contribution in [3.8, 4) is 5.75 Å². The van der Waals surface area contributed by atoms with E-state index in [1.807, 2.05) is 6.92 Å². The molecule has 31 heavy (non-hydrogen) atoms. The lowest BCUT2D eigenvalue weighted by atomic mass is 9.85. The zero-order valence-electron chi connectivity index (χ0n) is 18.1. The van der Waals surface area contributed by atoms with Crippen molar-refractivity contribution in [2.45, 2.75) is 69.7 Å². The summed E-state index contributed by atoms with van der Waals surface area (Å²) in [5.41, 5.74) is 0.388. The third kappa shape index (κ3) is 5.90. The quantitative estimate of drug-likeness (QED) is 0.283. The lowest BCUT2D eigenvalue weighted by Gasteiger charge is -2.37. The van der Waals surface area contributed by atoms with Crippen molar-refractivity contribution in [1.82, 2.24) is 0 Å². The number of carbonyl (C=O) groups is 2. The van der Waals surface area contributed by atoms with Gasteiger partial charge in [0.25, 0.3) is 0 Å². The van der Waals surface area contributed by atoms with Crippen molar-refractivity contribution in [1.29, 1.82) is 0 Å². The first-order chi connectivity index (χ1) is 14.7. The molecule has 2 heterocycles. The molecule has 8 atom stereocenters. The fraction of sp³-hybridized carbons (Fsp3) is 0.652. The molecule has 3 N–H and O–H groups in total. The Morgan fingerprint density at radius 1 is 1.19 bits per heavy atom. The number of ether oxygens (including phenoxy) is 3. The summed E-state index contributed by atoms with van der Waals surface area (Å²) in [5.74, 6) is -0.708. The first-order valence-electron chi connectivity index (χ1n) is 10.7. The number of epoxide rings is 1. The van der Waals surface area contributed by atoms with Gasteiger partial charge < -0.3 is 29.5 Å². The molecule has 0 radical (unpaired) electrons. The summed E-state index contributed by atoms with van der Waals surface area (Å²) in [6, 6.07) is 6.60. The Kier molecular flexibility index (Phi) is 7.82. The number of Topliss-reactive ketones (excluding diaryl/α,β-unsaturated/α-hetero) is 2. The highest BCUT2D eigenvalue weighted by molar-refractivity contribution is 6.08. The van der Waals surface area contributed by atoms with Crippen LogP contribution < -0.4 is 4.74 Å². The molecular weight excluding hydrogens is 404 g/mol. The van der Waals surface area contributed by atoms with Gasteiger partial charge in [-0.05, 0) is 19.1 Å². The summed E-state index contributed by atoms with van der Waals surface area (Å²) < 4.78 is 16.4. The maximum absolute atomic E-state index is 12.4. The standard InChI is InChI=1S/C23H32O8/c1-12(13(2)24)23-20(31-23)10-19-22(28)21(27)15(11-30-19)7-16(25)9-18(26)14-5-4-6-17(8-14)29-3/h4-6,8,12-13,15,19-24,27-28H,7,9-11H2,1-3H3/t12-,13-,15-,19-,20-,21+,22-,23-/m0/s1. The third-order valence-electron chi connectivity index (χ3n) is 6.34. The van der Waals surface area contributed by atoms with Crippen molar-refractivity contribution in [2.75, 3.05) is 13.7 Å². The van der Waals surface area contributed by atoms with Crippen LogP contribution in [-0.4, -0.2) is 77.2 Å². The molecule has 0 saturated carbocycles. The van der Waals surface area contributed by atoms with Crippen LogP contribution in [0.4, 0.5) is 0 Å². The molecule has 1 aromatic rings. The number of carbonyl (C=O) groups excluding carboxylic acids is 2. The molecule has 3 rings (SSSR count). The van der Waals surface area contributed by atoms with Crippen LogP contribution in [0.1, 0.15) is 43.5 Å². The first-order valence-corrected chi connectivity index (χ1v) is 10.7. The second-order valence-corrected chi connectivity index (χ2v) is 8.66. The van der Waals surface area contributed by atoms with E-state index in [9.17, 15) is 24.9 Å². The van der Waals surface area contributed by atoms with E-state index < -0.39 is 30.3 Å². The second-order valence-electron chi connectivity index (χ2n) is 8.66. The van der Waals surface area contributed by atoms with Crippen LogP contribution in [0.5, 0.6) is 5.75 Å². The molecule has 2 fully saturated rings. The molecule has 0 spiro atoms. The van der Waals surface area contributed by atoms with E-state index in [2.05, 4.69) is 0 Å². The number of hydrogen-bond acceptors (Lipinski definition) is 8. The minimum atomic E-state index is -1.15.